The fourth-order valence-corrected chi connectivity index (χ4v) is 3.94. The summed E-state index contributed by atoms with van der Waals surface area (Å²) in [5.74, 6) is 0.398. The van der Waals surface area contributed by atoms with Crippen LogP contribution in [-0.4, -0.2) is 28.1 Å². The average molecular weight is 408 g/mol. The number of carbonyl (C=O) groups excluding carboxylic acids is 2. The Kier molecular flexibility index (Phi) is 5.65. The van der Waals surface area contributed by atoms with Gasteiger partial charge in [-0.1, -0.05) is 18.2 Å². The zero-order valence-electron chi connectivity index (χ0n) is 16.7. The van der Waals surface area contributed by atoms with Gasteiger partial charge in [0.05, 0.1) is 6.54 Å². The number of fused-ring (bicyclic) bond motifs is 1. The van der Waals surface area contributed by atoms with Gasteiger partial charge in [-0.2, -0.15) is 5.10 Å². The van der Waals surface area contributed by atoms with Gasteiger partial charge in [0.15, 0.2) is 0 Å². The molecular formula is C22H24N4O4. The van der Waals surface area contributed by atoms with E-state index >= 15 is 0 Å². The molecule has 1 aliphatic carbocycles. The Morgan fingerprint density at radius 2 is 1.90 bits per heavy atom. The standard InChI is InChI=1S/C22H24N4O4/c1-13-16-4-2-3-5-18(16)30-19(13)12-23-21(28)14-6-8-15(9-7-14)24-22(29)17-10-11-20(27)26-25-17/h2-5,10-11,14-15H,6-9,12H2,1H3,(H,23,28)(H,24,29)(H,26,27). The minimum atomic E-state index is -0.351. The van der Waals surface area contributed by atoms with Crippen LogP contribution < -0.4 is 16.2 Å². The minimum absolute atomic E-state index is 0.00658. The molecule has 1 aliphatic rings. The zero-order chi connectivity index (χ0) is 21.1. The first-order valence-electron chi connectivity index (χ1n) is 10.1. The van der Waals surface area contributed by atoms with Crippen LogP contribution in [-0.2, 0) is 11.3 Å². The average Bonchev–Trinajstić information content (AvgIpc) is 3.09. The van der Waals surface area contributed by atoms with Crippen molar-refractivity contribution < 1.29 is 14.0 Å². The third-order valence-corrected chi connectivity index (χ3v) is 5.71. The summed E-state index contributed by atoms with van der Waals surface area (Å²) in [6.45, 7) is 2.37. The molecule has 0 spiro atoms. The Morgan fingerprint density at radius 1 is 1.13 bits per heavy atom. The third-order valence-electron chi connectivity index (χ3n) is 5.71. The third kappa shape index (κ3) is 4.27. The topological polar surface area (TPSA) is 117 Å². The van der Waals surface area contributed by atoms with Crippen molar-refractivity contribution in [3.05, 3.63) is 63.8 Å². The van der Waals surface area contributed by atoms with Gasteiger partial charge in [-0.15, -0.1) is 0 Å². The van der Waals surface area contributed by atoms with Gasteiger partial charge in [0.2, 0.25) is 5.91 Å². The molecule has 4 rings (SSSR count). The zero-order valence-corrected chi connectivity index (χ0v) is 16.7. The van der Waals surface area contributed by atoms with E-state index in [-0.39, 0.29) is 35.0 Å². The molecule has 0 unspecified atom stereocenters. The predicted octanol–water partition coefficient (Wildman–Crippen LogP) is 2.43. The molecule has 8 heteroatoms. The monoisotopic (exact) mass is 408 g/mol. The maximum Gasteiger partial charge on any atom is 0.271 e. The lowest BCUT2D eigenvalue weighted by Gasteiger charge is -2.28. The van der Waals surface area contributed by atoms with Crippen LogP contribution in [0.3, 0.4) is 0 Å². The van der Waals surface area contributed by atoms with Crippen molar-refractivity contribution in [3.8, 4) is 0 Å². The van der Waals surface area contributed by atoms with Gasteiger partial charge in [-0.05, 0) is 44.7 Å². The van der Waals surface area contributed by atoms with Crippen LogP contribution in [0.1, 0.15) is 47.5 Å². The Labute approximate surface area is 173 Å². The molecule has 1 saturated carbocycles. The lowest BCUT2D eigenvalue weighted by atomic mass is 9.85. The first-order chi connectivity index (χ1) is 14.5. The van der Waals surface area contributed by atoms with Crippen LogP contribution in [0.4, 0.5) is 0 Å². The molecule has 2 heterocycles. The van der Waals surface area contributed by atoms with E-state index in [4.69, 9.17) is 4.42 Å². The molecule has 30 heavy (non-hydrogen) atoms. The molecule has 156 valence electrons. The number of rotatable bonds is 5. The van der Waals surface area contributed by atoms with E-state index in [9.17, 15) is 14.4 Å². The lowest BCUT2D eigenvalue weighted by Crippen LogP contribution is -2.41. The number of hydrogen-bond donors (Lipinski definition) is 3. The number of aromatic nitrogens is 2. The summed E-state index contributed by atoms with van der Waals surface area (Å²) in [5, 5.41) is 13.0. The number of amides is 2. The van der Waals surface area contributed by atoms with Crippen LogP contribution >= 0.6 is 0 Å². The maximum absolute atomic E-state index is 12.6. The number of carbonyl (C=O) groups is 2. The maximum atomic E-state index is 12.6. The van der Waals surface area contributed by atoms with Crippen LogP contribution in [0.2, 0.25) is 0 Å². The number of aromatic amines is 1. The first kappa shape index (κ1) is 19.9. The SMILES string of the molecule is Cc1c(CNC(=O)C2CCC(NC(=O)c3ccc(=O)[nH]n3)CC2)oc2ccccc12. The molecule has 0 bridgehead atoms. The van der Waals surface area contributed by atoms with Crippen molar-refractivity contribution in [1.29, 1.82) is 0 Å². The number of H-pyrrole nitrogens is 1. The second kappa shape index (κ2) is 8.52. The summed E-state index contributed by atoms with van der Waals surface area (Å²) in [6, 6.07) is 10.5. The molecule has 0 aliphatic heterocycles. The second-order valence-electron chi connectivity index (χ2n) is 7.69. The summed E-state index contributed by atoms with van der Waals surface area (Å²) in [7, 11) is 0. The van der Waals surface area contributed by atoms with E-state index in [0.717, 1.165) is 35.1 Å². The molecule has 3 aromatic rings. The summed E-state index contributed by atoms with van der Waals surface area (Å²) < 4.78 is 5.86. The normalized spacial score (nSPS) is 18.8. The molecule has 0 radical (unpaired) electrons. The van der Waals surface area contributed by atoms with Crippen LogP contribution in [0.25, 0.3) is 11.0 Å². The van der Waals surface area contributed by atoms with Gasteiger partial charge in [-0.3, -0.25) is 14.4 Å². The summed E-state index contributed by atoms with van der Waals surface area (Å²) >= 11 is 0. The van der Waals surface area contributed by atoms with E-state index in [2.05, 4.69) is 20.8 Å². The molecule has 1 aromatic carbocycles. The van der Waals surface area contributed by atoms with Crippen molar-refractivity contribution in [2.45, 2.75) is 45.2 Å². The molecule has 0 saturated heterocycles. The van der Waals surface area contributed by atoms with Gasteiger partial charge in [0.25, 0.3) is 11.5 Å². The van der Waals surface area contributed by atoms with Crippen molar-refractivity contribution >= 4 is 22.8 Å². The van der Waals surface area contributed by atoms with Gasteiger partial charge in [-0.25, -0.2) is 5.10 Å². The number of aryl methyl sites for hydroxylation is 1. The van der Waals surface area contributed by atoms with Gasteiger partial charge in [0, 0.05) is 29.0 Å². The predicted molar refractivity (Wildman–Crippen MR) is 111 cm³/mol. The van der Waals surface area contributed by atoms with Gasteiger partial charge in [0.1, 0.15) is 17.0 Å². The van der Waals surface area contributed by atoms with E-state index in [1.165, 1.54) is 12.1 Å². The number of nitrogens with one attached hydrogen (secondary N) is 3. The lowest BCUT2D eigenvalue weighted by molar-refractivity contribution is -0.126. The van der Waals surface area contributed by atoms with Crippen LogP contribution in [0.5, 0.6) is 0 Å². The number of nitrogens with zero attached hydrogens (tertiary/aromatic N) is 1. The number of para-hydroxylation sites is 1. The fraction of sp³-hybridized carbons (Fsp3) is 0.364. The summed E-state index contributed by atoms with van der Waals surface area (Å²) in [5.41, 5.74) is 1.70. The Bertz CT molecular complexity index is 1110. The van der Waals surface area contributed by atoms with Crippen LogP contribution in [0, 0.1) is 12.8 Å². The van der Waals surface area contributed by atoms with E-state index in [1.807, 2.05) is 31.2 Å². The highest BCUT2D eigenvalue weighted by Crippen LogP contribution is 2.27. The highest BCUT2D eigenvalue weighted by atomic mass is 16.3. The van der Waals surface area contributed by atoms with Gasteiger partial charge < -0.3 is 15.1 Å². The number of benzene rings is 1. The molecule has 8 nitrogen and oxygen atoms in total. The van der Waals surface area contributed by atoms with E-state index in [0.29, 0.717) is 19.4 Å². The Hall–Kier alpha value is -3.42. The molecular weight excluding hydrogens is 384 g/mol. The van der Waals surface area contributed by atoms with Crippen molar-refractivity contribution in [2.24, 2.45) is 5.92 Å². The summed E-state index contributed by atoms with van der Waals surface area (Å²) in [4.78, 5) is 35.9. The Morgan fingerprint density at radius 3 is 2.60 bits per heavy atom. The number of hydrogen-bond acceptors (Lipinski definition) is 5. The molecule has 2 aromatic heterocycles. The smallest absolute Gasteiger partial charge is 0.271 e. The van der Waals surface area contributed by atoms with E-state index < -0.39 is 0 Å². The largest absolute Gasteiger partial charge is 0.459 e. The van der Waals surface area contributed by atoms with Crippen LogP contribution in [0.15, 0.2) is 45.6 Å². The quantitative estimate of drug-likeness (QED) is 0.599. The highest BCUT2D eigenvalue weighted by molar-refractivity contribution is 5.92. The highest BCUT2D eigenvalue weighted by Gasteiger charge is 2.27. The fourth-order valence-electron chi connectivity index (χ4n) is 3.94. The Balaban J connectivity index is 1.26. The molecule has 2 amide bonds. The molecule has 3 N–H and O–H groups in total. The number of furan rings is 1. The van der Waals surface area contributed by atoms with Crippen molar-refractivity contribution in [3.63, 3.8) is 0 Å². The second-order valence-corrected chi connectivity index (χ2v) is 7.69. The first-order valence-corrected chi connectivity index (χ1v) is 10.1. The molecule has 1 fully saturated rings. The minimum Gasteiger partial charge on any atom is -0.459 e. The van der Waals surface area contributed by atoms with Crippen molar-refractivity contribution in [1.82, 2.24) is 20.8 Å². The summed E-state index contributed by atoms with van der Waals surface area (Å²) in [6.07, 6.45) is 2.84. The van der Waals surface area contributed by atoms with Gasteiger partial charge >= 0.3 is 0 Å². The van der Waals surface area contributed by atoms with Crippen molar-refractivity contribution in [2.75, 3.05) is 0 Å². The van der Waals surface area contributed by atoms with E-state index in [1.54, 1.807) is 0 Å². The molecule has 0 atom stereocenters.